The second-order valence-electron chi connectivity index (χ2n) is 4.53. The minimum absolute atomic E-state index is 0.0484. The predicted molar refractivity (Wildman–Crippen MR) is 76.2 cm³/mol. The van der Waals surface area contributed by atoms with Gasteiger partial charge < -0.3 is 10.6 Å². The lowest BCUT2D eigenvalue weighted by Crippen LogP contribution is -2.41. The molecule has 1 amide bonds. The van der Waals surface area contributed by atoms with Gasteiger partial charge in [0.15, 0.2) is 0 Å². The molecule has 1 saturated heterocycles. The summed E-state index contributed by atoms with van der Waals surface area (Å²) in [6, 6.07) is 4.24. The Morgan fingerprint density at radius 1 is 1.74 bits per heavy atom. The quantitative estimate of drug-likeness (QED) is 0.850. The van der Waals surface area contributed by atoms with Crippen molar-refractivity contribution in [3.63, 3.8) is 0 Å². The maximum absolute atomic E-state index is 12.0. The van der Waals surface area contributed by atoms with E-state index in [1.165, 1.54) is 11.3 Å². The number of carbonyl (C=O) groups is 1. The van der Waals surface area contributed by atoms with Gasteiger partial charge in [0, 0.05) is 12.6 Å². The van der Waals surface area contributed by atoms with Crippen LogP contribution in [0.3, 0.4) is 0 Å². The Kier molecular flexibility index (Phi) is 4.91. The number of likely N-dealkylation sites (N-methyl/N-ethyl adjacent to an activating group) is 1. The van der Waals surface area contributed by atoms with Gasteiger partial charge in [0.2, 0.25) is 5.91 Å². The van der Waals surface area contributed by atoms with Gasteiger partial charge in [-0.1, -0.05) is 6.92 Å². The van der Waals surface area contributed by atoms with E-state index in [4.69, 9.17) is 5.26 Å². The molecule has 0 saturated carbocycles. The van der Waals surface area contributed by atoms with Crippen molar-refractivity contribution in [3.05, 3.63) is 17.0 Å². The molecular weight excluding hydrogens is 260 g/mol. The van der Waals surface area contributed by atoms with Crippen LogP contribution in [0.5, 0.6) is 0 Å². The Hall–Kier alpha value is -1.42. The molecule has 0 aromatic carbocycles. The molecule has 1 aromatic heterocycles. The molecule has 2 N–H and O–H groups in total. The number of hydrogen-bond acceptors (Lipinski definition) is 5. The molecule has 102 valence electrons. The number of thiophene rings is 1. The van der Waals surface area contributed by atoms with Gasteiger partial charge in [-0.05, 0) is 31.0 Å². The Morgan fingerprint density at radius 2 is 2.58 bits per heavy atom. The third-order valence-corrected chi connectivity index (χ3v) is 4.17. The molecule has 1 unspecified atom stereocenters. The molecule has 19 heavy (non-hydrogen) atoms. The lowest BCUT2D eigenvalue weighted by Gasteiger charge is -2.25. The molecule has 0 bridgehead atoms. The highest BCUT2D eigenvalue weighted by atomic mass is 32.1. The van der Waals surface area contributed by atoms with Crippen molar-refractivity contribution in [3.8, 4) is 6.07 Å². The maximum Gasteiger partial charge on any atom is 0.239 e. The number of carbonyl (C=O) groups excluding carboxylic acids is 1. The van der Waals surface area contributed by atoms with Crippen LogP contribution in [0.4, 0.5) is 5.00 Å². The normalized spacial score (nSPS) is 18.5. The van der Waals surface area contributed by atoms with Crippen molar-refractivity contribution in [2.24, 2.45) is 0 Å². The zero-order valence-corrected chi connectivity index (χ0v) is 11.8. The fourth-order valence-corrected chi connectivity index (χ4v) is 3.05. The van der Waals surface area contributed by atoms with E-state index in [0.29, 0.717) is 23.2 Å². The second kappa shape index (κ2) is 6.66. The Labute approximate surface area is 117 Å². The number of rotatable bonds is 5. The van der Waals surface area contributed by atoms with E-state index in [9.17, 15) is 4.79 Å². The van der Waals surface area contributed by atoms with Gasteiger partial charge in [-0.3, -0.25) is 9.69 Å². The highest BCUT2D eigenvalue weighted by Crippen LogP contribution is 2.22. The zero-order chi connectivity index (χ0) is 13.7. The number of nitrogens with one attached hydrogen (secondary N) is 2. The standard InChI is InChI=1S/C13H18N4OS/c1-2-17(11-3-5-15-8-11)9-12(18)16-13-10(7-14)4-6-19-13/h4,6,11,15H,2-3,5,8-9H2,1H3,(H,16,18). The molecule has 2 heterocycles. The van der Waals surface area contributed by atoms with E-state index in [1.807, 2.05) is 5.38 Å². The molecule has 1 fully saturated rings. The molecule has 2 rings (SSSR count). The second-order valence-corrected chi connectivity index (χ2v) is 5.45. The maximum atomic E-state index is 12.0. The summed E-state index contributed by atoms with van der Waals surface area (Å²) in [6.07, 6.45) is 1.09. The van der Waals surface area contributed by atoms with Crippen molar-refractivity contribution in [1.82, 2.24) is 10.2 Å². The van der Waals surface area contributed by atoms with Crippen LogP contribution in [0.15, 0.2) is 11.4 Å². The van der Waals surface area contributed by atoms with E-state index in [0.717, 1.165) is 26.1 Å². The van der Waals surface area contributed by atoms with E-state index >= 15 is 0 Å². The summed E-state index contributed by atoms with van der Waals surface area (Å²) < 4.78 is 0. The lowest BCUT2D eigenvalue weighted by molar-refractivity contribution is -0.117. The highest BCUT2D eigenvalue weighted by Gasteiger charge is 2.23. The molecule has 1 aliphatic heterocycles. The number of nitriles is 1. The first-order valence-electron chi connectivity index (χ1n) is 6.46. The van der Waals surface area contributed by atoms with Gasteiger partial charge in [0.1, 0.15) is 11.1 Å². The lowest BCUT2D eigenvalue weighted by atomic mass is 10.2. The van der Waals surface area contributed by atoms with Crippen LogP contribution in [-0.4, -0.2) is 43.0 Å². The fraction of sp³-hybridized carbons (Fsp3) is 0.538. The number of anilines is 1. The van der Waals surface area contributed by atoms with Crippen molar-refractivity contribution in [2.75, 3.05) is 31.5 Å². The average molecular weight is 278 g/mol. The molecule has 1 atom stereocenters. The summed E-state index contributed by atoms with van der Waals surface area (Å²) in [7, 11) is 0. The van der Waals surface area contributed by atoms with Crippen LogP contribution < -0.4 is 10.6 Å². The van der Waals surface area contributed by atoms with Crippen molar-refractivity contribution in [2.45, 2.75) is 19.4 Å². The highest BCUT2D eigenvalue weighted by molar-refractivity contribution is 7.14. The monoisotopic (exact) mass is 278 g/mol. The molecular formula is C13H18N4OS. The van der Waals surface area contributed by atoms with Crippen molar-refractivity contribution < 1.29 is 4.79 Å². The van der Waals surface area contributed by atoms with Crippen LogP contribution >= 0.6 is 11.3 Å². The molecule has 5 nitrogen and oxygen atoms in total. The summed E-state index contributed by atoms with van der Waals surface area (Å²) in [5.74, 6) is -0.0484. The van der Waals surface area contributed by atoms with Crippen LogP contribution in [0, 0.1) is 11.3 Å². The Balaban J connectivity index is 1.91. The van der Waals surface area contributed by atoms with Crippen molar-refractivity contribution >= 4 is 22.2 Å². The SMILES string of the molecule is CCN(CC(=O)Nc1sccc1C#N)C1CCNC1. The first-order valence-corrected chi connectivity index (χ1v) is 7.34. The predicted octanol–water partition coefficient (Wildman–Crippen LogP) is 1.24. The molecule has 0 aliphatic carbocycles. The summed E-state index contributed by atoms with van der Waals surface area (Å²) in [4.78, 5) is 14.2. The van der Waals surface area contributed by atoms with Gasteiger partial charge in [0.05, 0.1) is 12.1 Å². The summed E-state index contributed by atoms with van der Waals surface area (Å²) in [5.41, 5.74) is 0.531. The van der Waals surface area contributed by atoms with Crippen LogP contribution in [0.25, 0.3) is 0 Å². The minimum atomic E-state index is -0.0484. The fourth-order valence-electron chi connectivity index (χ4n) is 2.29. The van der Waals surface area contributed by atoms with Gasteiger partial charge in [0.25, 0.3) is 0 Å². The smallest absolute Gasteiger partial charge is 0.239 e. The Bertz CT molecular complexity index is 473. The van der Waals surface area contributed by atoms with E-state index in [2.05, 4.69) is 28.5 Å². The largest absolute Gasteiger partial charge is 0.315 e. The van der Waals surface area contributed by atoms with Gasteiger partial charge in [-0.25, -0.2) is 0 Å². The van der Waals surface area contributed by atoms with Crippen LogP contribution in [-0.2, 0) is 4.79 Å². The number of hydrogen-bond donors (Lipinski definition) is 2. The minimum Gasteiger partial charge on any atom is -0.315 e. The first-order chi connectivity index (χ1) is 9.24. The number of amides is 1. The summed E-state index contributed by atoms with van der Waals surface area (Å²) >= 11 is 1.38. The molecule has 0 spiro atoms. The van der Waals surface area contributed by atoms with Gasteiger partial charge in [-0.15, -0.1) is 11.3 Å². The molecule has 6 heteroatoms. The van der Waals surface area contributed by atoms with E-state index in [-0.39, 0.29) is 5.91 Å². The topological polar surface area (TPSA) is 68.2 Å². The van der Waals surface area contributed by atoms with Gasteiger partial charge in [-0.2, -0.15) is 5.26 Å². The van der Waals surface area contributed by atoms with Crippen LogP contribution in [0.1, 0.15) is 18.9 Å². The molecule has 1 aromatic rings. The van der Waals surface area contributed by atoms with Crippen LogP contribution in [0.2, 0.25) is 0 Å². The summed E-state index contributed by atoms with van der Waals surface area (Å²) in [6.45, 7) is 5.27. The zero-order valence-electron chi connectivity index (χ0n) is 11.0. The van der Waals surface area contributed by atoms with E-state index < -0.39 is 0 Å². The average Bonchev–Trinajstić information content (AvgIpc) is 3.06. The molecule has 1 aliphatic rings. The summed E-state index contributed by atoms with van der Waals surface area (Å²) in [5, 5.41) is 17.5. The Morgan fingerprint density at radius 3 is 3.21 bits per heavy atom. The first kappa shape index (κ1) is 14.0. The third kappa shape index (κ3) is 3.53. The van der Waals surface area contributed by atoms with Gasteiger partial charge >= 0.3 is 0 Å². The van der Waals surface area contributed by atoms with Crippen molar-refractivity contribution in [1.29, 1.82) is 5.26 Å². The number of nitrogens with zero attached hydrogens (tertiary/aromatic N) is 2. The van der Waals surface area contributed by atoms with E-state index in [1.54, 1.807) is 6.07 Å². The molecule has 0 radical (unpaired) electrons. The third-order valence-electron chi connectivity index (χ3n) is 3.34.